The standard InChI is InChI=1S/C25H17F4N3O6.C2H6/c1-30-22(25(27,28)29)13-23(33)31(24(30)34)17-12-21(18(32(35)36)11-16(17)26)38-20-10-6-5-9-19(20)37-14-15-7-3-2-4-8-15;1-2/h2-13H,14H2,1H3;1-2H3. The van der Waals surface area contributed by atoms with Crippen molar-refractivity contribution in [1.82, 2.24) is 9.13 Å². The maximum atomic E-state index is 14.9. The molecule has 0 radical (unpaired) electrons. The second kappa shape index (κ2) is 12.3. The number of aromatic nitrogens is 2. The Morgan fingerprint density at radius 3 is 2.10 bits per heavy atom. The lowest BCUT2D eigenvalue weighted by molar-refractivity contribution is -0.385. The van der Waals surface area contributed by atoms with E-state index in [1.807, 2.05) is 32.0 Å². The number of nitrogens with zero attached hydrogens (tertiary/aromatic N) is 3. The molecule has 4 aromatic rings. The number of nitro groups is 1. The molecule has 0 aliphatic carbocycles. The van der Waals surface area contributed by atoms with Gasteiger partial charge in [0.2, 0.25) is 5.75 Å². The summed E-state index contributed by atoms with van der Waals surface area (Å²) in [6.07, 6.45) is -5.03. The second-order valence-corrected chi connectivity index (χ2v) is 7.89. The van der Waals surface area contributed by atoms with E-state index in [9.17, 15) is 37.3 Å². The first kappa shape index (κ1) is 29.6. The number of alkyl halides is 3. The average Bonchev–Trinajstić information content (AvgIpc) is 2.92. The summed E-state index contributed by atoms with van der Waals surface area (Å²) in [5.74, 6) is -1.84. The van der Waals surface area contributed by atoms with Crippen LogP contribution in [0.5, 0.6) is 17.2 Å². The molecule has 0 atom stereocenters. The zero-order valence-electron chi connectivity index (χ0n) is 21.4. The summed E-state index contributed by atoms with van der Waals surface area (Å²) in [6, 6.07) is 16.3. The molecule has 0 saturated heterocycles. The van der Waals surface area contributed by atoms with E-state index in [1.165, 1.54) is 18.2 Å². The van der Waals surface area contributed by atoms with Crippen molar-refractivity contribution in [3.05, 3.63) is 121 Å². The topological polar surface area (TPSA) is 106 Å². The van der Waals surface area contributed by atoms with Gasteiger partial charge in [-0.15, -0.1) is 0 Å². The van der Waals surface area contributed by atoms with Gasteiger partial charge >= 0.3 is 17.6 Å². The number of hydrogen-bond acceptors (Lipinski definition) is 6. The highest BCUT2D eigenvalue weighted by Crippen LogP contribution is 2.38. The third-order valence-corrected chi connectivity index (χ3v) is 5.38. The van der Waals surface area contributed by atoms with Crippen LogP contribution in [0.25, 0.3) is 5.69 Å². The molecule has 0 N–H and O–H groups in total. The number of nitro benzene ring substituents is 1. The Morgan fingerprint density at radius 1 is 0.900 bits per heavy atom. The normalized spacial score (nSPS) is 10.9. The van der Waals surface area contributed by atoms with Crippen LogP contribution in [0.1, 0.15) is 25.1 Å². The Bertz CT molecular complexity index is 1630. The van der Waals surface area contributed by atoms with Gasteiger partial charge in [0.05, 0.1) is 16.7 Å². The van der Waals surface area contributed by atoms with Crippen molar-refractivity contribution in [2.45, 2.75) is 26.6 Å². The SMILES string of the molecule is CC.Cn1c(C(F)(F)F)cc(=O)n(-c2cc(Oc3ccccc3OCc3ccccc3)c([N+](=O)[O-])cc2F)c1=O. The highest BCUT2D eigenvalue weighted by atomic mass is 19.4. The molecule has 0 spiro atoms. The van der Waals surface area contributed by atoms with Crippen LogP contribution in [-0.4, -0.2) is 14.1 Å². The smallest absolute Gasteiger partial charge is 0.431 e. The molecule has 40 heavy (non-hydrogen) atoms. The summed E-state index contributed by atoms with van der Waals surface area (Å²) >= 11 is 0. The van der Waals surface area contributed by atoms with Gasteiger partial charge in [0.15, 0.2) is 17.3 Å². The van der Waals surface area contributed by atoms with Crippen molar-refractivity contribution in [2.24, 2.45) is 7.05 Å². The summed E-state index contributed by atoms with van der Waals surface area (Å²) in [5, 5.41) is 11.6. The minimum Gasteiger partial charge on any atom is -0.485 e. The molecular formula is C27H23F4N3O6. The fourth-order valence-corrected chi connectivity index (χ4v) is 3.55. The van der Waals surface area contributed by atoms with Crippen LogP contribution in [0.3, 0.4) is 0 Å². The van der Waals surface area contributed by atoms with E-state index >= 15 is 0 Å². The van der Waals surface area contributed by atoms with E-state index in [0.29, 0.717) is 12.1 Å². The van der Waals surface area contributed by atoms with Crippen molar-refractivity contribution < 1.29 is 32.0 Å². The molecule has 3 aromatic carbocycles. The van der Waals surface area contributed by atoms with E-state index in [4.69, 9.17) is 9.47 Å². The number of benzene rings is 3. The molecular weight excluding hydrogens is 538 g/mol. The third-order valence-electron chi connectivity index (χ3n) is 5.38. The van der Waals surface area contributed by atoms with E-state index in [-0.39, 0.29) is 33.3 Å². The monoisotopic (exact) mass is 561 g/mol. The van der Waals surface area contributed by atoms with Gasteiger partial charge in [0.25, 0.3) is 5.56 Å². The van der Waals surface area contributed by atoms with Gasteiger partial charge in [-0.05, 0) is 17.7 Å². The number of hydrogen-bond donors (Lipinski definition) is 0. The minimum absolute atomic E-state index is 0.0169. The van der Waals surface area contributed by atoms with Gasteiger partial charge in [-0.2, -0.15) is 13.2 Å². The zero-order chi connectivity index (χ0) is 29.6. The molecule has 1 aromatic heterocycles. The molecule has 0 aliphatic heterocycles. The first-order valence-corrected chi connectivity index (χ1v) is 11.8. The summed E-state index contributed by atoms with van der Waals surface area (Å²) < 4.78 is 66.1. The molecule has 0 fully saturated rings. The predicted molar refractivity (Wildman–Crippen MR) is 138 cm³/mol. The fourth-order valence-electron chi connectivity index (χ4n) is 3.55. The lowest BCUT2D eigenvalue weighted by atomic mass is 10.2. The molecule has 4 rings (SSSR count). The van der Waals surface area contributed by atoms with E-state index in [1.54, 1.807) is 18.2 Å². The molecule has 9 nitrogen and oxygen atoms in total. The van der Waals surface area contributed by atoms with Crippen LogP contribution < -0.4 is 20.7 Å². The number of para-hydroxylation sites is 2. The Kier molecular flexibility index (Phi) is 9.09. The van der Waals surface area contributed by atoms with Crippen LogP contribution in [0.4, 0.5) is 23.2 Å². The maximum absolute atomic E-state index is 14.9. The molecule has 13 heteroatoms. The molecule has 0 amide bonds. The largest absolute Gasteiger partial charge is 0.485 e. The number of ether oxygens (including phenoxy) is 2. The van der Waals surface area contributed by atoms with Crippen molar-refractivity contribution >= 4 is 5.69 Å². The number of rotatable bonds is 7. The van der Waals surface area contributed by atoms with Gasteiger partial charge in [-0.1, -0.05) is 56.3 Å². The van der Waals surface area contributed by atoms with Crippen LogP contribution in [0.2, 0.25) is 0 Å². The first-order valence-electron chi connectivity index (χ1n) is 11.8. The van der Waals surface area contributed by atoms with Crippen molar-refractivity contribution in [1.29, 1.82) is 0 Å². The van der Waals surface area contributed by atoms with Crippen molar-refractivity contribution in [3.8, 4) is 22.9 Å². The molecule has 1 heterocycles. The maximum Gasteiger partial charge on any atom is 0.431 e. The first-order chi connectivity index (χ1) is 19.0. The van der Waals surface area contributed by atoms with E-state index < -0.39 is 51.0 Å². The molecule has 0 bridgehead atoms. The van der Waals surface area contributed by atoms with Crippen LogP contribution >= 0.6 is 0 Å². The Balaban J connectivity index is 0.00000216. The van der Waals surface area contributed by atoms with Gasteiger partial charge in [-0.25, -0.2) is 13.8 Å². The van der Waals surface area contributed by atoms with Gasteiger partial charge in [0.1, 0.15) is 12.3 Å². The van der Waals surface area contributed by atoms with Crippen LogP contribution in [-0.2, 0) is 19.8 Å². The zero-order valence-corrected chi connectivity index (χ0v) is 21.4. The summed E-state index contributed by atoms with van der Waals surface area (Å²) in [7, 11) is 0.752. The fraction of sp³-hybridized carbons (Fsp3) is 0.185. The number of halogens is 4. The van der Waals surface area contributed by atoms with E-state index in [0.717, 1.165) is 12.6 Å². The summed E-state index contributed by atoms with van der Waals surface area (Å²) in [5.41, 5.74) is -5.45. The van der Waals surface area contributed by atoms with Crippen LogP contribution in [0, 0.1) is 15.9 Å². The second-order valence-electron chi connectivity index (χ2n) is 7.89. The molecule has 0 aliphatic rings. The molecule has 210 valence electrons. The van der Waals surface area contributed by atoms with Crippen molar-refractivity contribution in [3.63, 3.8) is 0 Å². The summed E-state index contributed by atoms with van der Waals surface area (Å²) in [4.78, 5) is 35.8. The average molecular weight is 561 g/mol. The summed E-state index contributed by atoms with van der Waals surface area (Å²) in [6.45, 7) is 4.12. The van der Waals surface area contributed by atoms with Gasteiger partial charge < -0.3 is 9.47 Å². The van der Waals surface area contributed by atoms with Gasteiger partial charge in [-0.3, -0.25) is 19.5 Å². The van der Waals surface area contributed by atoms with Crippen LogP contribution in [0.15, 0.2) is 82.4 Å². The predicted octanol–water partition coefficient (Wildman–Crippen LogP) is 6.00. The Labute approximate surface area is 224 Å². The molecule has 0 unspecified atom stereocenters. The minimum atomic E-state index is -5.03. The molecule has 0 saturated carbocycles. The lowest BCUT2D eigenvalue weighted by Crippen LogP contribution is -2.41. The lowest BCUT2D eigenvalue weighted by Gasteiger charge is -2.16. The van der Waals surface area contributed by atoms with Gasteiger partial charge in [0, 0.05) is 19.2 Å². The Morgan fingerprint density at radius 2 is 1.50 bits per heavy atom. The van der Waals surface area contributed by atoms with Crippen molar-refractivity contribution in [2.75, 3.05) is 0 Å². The Hall–Kier alpha value is -4.94. The highest BCUT2D eigenvalue weighted by Gasteiger charge is 2.35. The van der Waals surface area contributed by atoms with E-state index in [2.05, 4.69) is 0 Å². The quantitative estimate of drug-likeness (QED) is 0.156. The third kappa shape index (κ3) is 6.37. The highest BCUT2D eigenvalue weighted by molar-refractivity contribution is 5.56.